The fourth-order valence-corrected chi connectivity index (χ4v) is 2.08. The number of hydrogen-bond acceptors (Lipinski definition) is 1. The first-order chi connectivity index (χ1) is 10.1. The van der Waals surface area contributed by atoms with Crippen molar-refractivity contribution in [1.82, 2.24) is 0 Å². The molecule has 0 saturated heterocycles. The molecule has 0 aromatic heterocycles. The Morgan fingerprint density at radius 1 is 1.10 bits per heavy atom. The van der Waals surface area contributed by atoms with Crippen molar-refractivity contribution in [1.29, 1.82) is 0 Å². The summed E-state index contributed by atoms with van der Waals surface area (Å²) in [4.78, 5) is 11.3. The van der Waals surface area contributed by atoms with Crippen molar-refractivity contribution in [2.45, 2.75) is 12.8 Å². The second-order valence-corrected chi connectivity index (χ2v) is 5.17. The molecule has 0 radical (unpaired) electrons. The third kappa shape index (κ3) is 4.98. The molecule has 2 aromatic carbocycles. The SMILES string of the molecule is O=C(O)C(CC#Cc1ccccc1)Cc1ccc(Cl)cc1. The zero-order valence-corrected chi connectivity index (χ0v) is 12.2. The van der Waals surface area contributed by atoms with Crippen molar-refractivity contribution in [3.05, 3.63) is 70.7 Å². The minimum Gasteiger partial charge on any atom is -0.481 e. The van der Waals surface area contributed by atoms with Gasteiger partial charge in [0.1, 0.15) is 0 Å². The van der Waals surface area contributed by atoms with Gasteiger partial charge in [-0.1, -0.05) is 53.8 Å². The molecular weight excluding hydrogens is 284 g/mol. The van der Waals surface area contributed by atoms with Crippen LogP contribution in [0.4, 0.5) is 0 Å². The van der Waals surface area contributed by atoms with Gasteiger partial charge in [-0.15, -0.1) is 0 Å². The lowest BCUT2D eigenvalue weighted by atomic mass is 9.96. The van der Waals surface area contributed by atoms with Gasteiger partial charge in [0.2, 0.25) is 0 Å². The van der Waals surface area contributed by atoms with Gasteiger partial charge < -0.3 is 5.11 Å². The van der Waals surface area contributed by atoms with E-state index in [9.17, 15) is 9.90 Å². The Labute approximate surface area is 129 Å². The van der Waals surface area contributed by atoms with Crippen molar-refractivity contribution in [2.24, 2.45) is 5.92 Å². The summed E-state index contributed by atoms with van der Waals surface area (Å²) >= 11 is 5.82. The molecule has 1 atom stereocenters. The normalized spacial score (nSPS) is 11.3. The number of benzene rings is 2. The molecule has 21 heavy (non-hydrogen) atoms. The van der Waals surface area contributed by atoms with Crippen LogP contribution in [0.15, 0.2) is 54.6 Å². The van der Waals surface area contributed by atoms with Gasteiger partial charge in [0.05, 0.1) is 5.92 Å². The van der Waals surface area contributed by atoms with E-state index in [1.54, 1.807) is 12.1 Å². The molecule has 0 aliphatic rings. The largest absolute Gasteiger partial charge is 0.481 e. The average molecular weight is 299 g/mol. The summed E-state index contributed by atoms with van der Waals surface area (Å²) in [6.45, 7) is 0. The Morgan fingerprint density at radius 3 is 2.38 bits per heavy atom. The van der Waals surface area contributed by atoms with Crippen LogP contribution in [-0.2, 0) is 11.2 Å². The van der Waals surface area contributed by atoms with E-state index in [0.29, 0.717) is 17.9 Å². The van der Waals surface area contributed by atoms with E-state index in [2.05, 4.69) is 11.8 Å². The molecule has 0 fully saturated rings. The highest BCUT2D eigenvalue weighted by Crippen LogP contribution is 2.15. The molecule has 0 spiro atoms. The minimum atomic E-state index is -0.827. The van der Waals surface area contributed by atoms with E-state index in [1.807, 2.05) is 42.5 Å². The Kier molecular flexibility index (Phi) is 5.43. The van der Waals surface area contributed by atoms with Crippen LogP contribution in [0.5, 0.6) is 0 Å². The lowest BCUT2D eigenvalue weighted by molar-refractivity contribution is -0.141. The van der Waals surface area contributed by atoms with Crippen LogP contribution in [0.3, 0.4) is 0 Å². The van der Waals surface area contributed by atoms with Crippen molar-refractivity contribution in [3.8, 4) is 11.8 Å². The minimum absolute atomic E-state index is 0.326. The molecule has 0 aliphatic heterocycles. The molecule has 106 valence electrons. The van der Waals surface area contributed by atoms with E-state index in [4.69, 9.17) is 11.6 Å². The topological polar surface area (TPSA) is 37.3 Å². The maximum atomic E-state index is 11.3. The van der Waals surface area contributed by atoms with E-state index >= 15 is 0 Å². The maximum absolute atomic E-state index is 11.3. The second-order valence-electron chi connectivity index (χ2n) is 4.74. The van der Waals surface area contributed by atoms with Gasteiger partial charge in [-0.25, -0.2) is 0 Å². The van der Waals surface area contributed by atoms with Crippen LogP contribution in [0.2, 0.25) is 5.02 Å². The zero-order valence-electron chi connectivity index (χ0n) is 11.4. The number of hydrogen-bond donors (Lipinski definition) is 1. The predicted molar refractivity (Wildman–Crippen MR) is 84.2 cm³/mol. The van der Waals surface area contributed by atoms with Gasteiger partial charge in [0, 0.05) is 17.0 Å². The van der Waals surface area contributed by atoms with Gasteiger partial charge in [0.15, 0.2) is 0 Å². The number of halogens is 1. The van der Waals surface area contributed by atoms with Crippen LogP contribution in [0.25, 0.3) is 0 Å². The summed E-state index contributed by atoms with van der Waals surface area (Å²) < 4.78 is 0. The highest BCUT2D eigenvalue weighted by Gasteiger charge is 2.16. The molecule has 0 saturated carbocycles. The van der Waals surface area contributed by atoms with Gasteiger partial charge >= 0.3 is 5.97 Å². The van der Waals surface area contributed by atoms with E-state index in [0.717, 1.165) is 11.1 Å². The van der Waals surface area contributed by atoms with Crippen molar-refractivity contribution < 1.29 is 9.90 Å². The maximum Gasteiger partial charge on any atom is 0.307 e. The van der Waals surface area contributed by atoms with Crippen molar-refractivity contribution in [2.75, 3.05) is 0 Å². The van der Waals surface area contributed by atoms with Crippen LogP contribution >= 0.6 is 11.6 Å². The van der Waals surface area contributed by atoms with E-state index < -0.39 is 11.9 Å². The molecule has 0 amide bonds. The predicted octanol–water partition coefficient (Wildman–Crippen LogP) is 4.03. The third-order valence-electron chi connectivity index (χ3n) is 3.10. The molecule has 0 heterocycles. The molecule has 3 heteroatoms. The number of carboxylic acids is 1. The first-order valence-electron chi connectivity index (χ1n) is 6.66. The van der Waals surface area contributed by atoms with E-state index in [1.165, 1.54) is 0 Å². The van der Waals surface area contributed by atoms with Gasteiger partial charge in [-0.2, -0.15) is 0 Å². The molecule has 1 N–H and O–H groups in total. The molecule has 2 nitrogen and oxygen atoms in total. The highest BCUT2D eigenvalue weighted by molar-refractivity contribution is 6.30. The number of carboxylic acid groups (broad SMARTS) is 1. The summed E-state index contributed by atoms with van der Waals surface area (Å²) in [6, 6.07) is 16.8. The Hall–Kier alpha value is -2.24. The van der Waals surface area contributed by atoms with Gasteiger partial charge in [0.25, 0.3) is 0 Å². The Morgan fingerprint density at radius 2 is 1.76 bits per heavy atom. The monoisotopic (exact) mass is 298 g/mol. The first-order valence-corrected chi connectivity index (χ1v) is 7.04. The lowest BCUT2D eigenvalue weighted by Crippen LogP contribution is -2.15. The smallest absolute Gasteiger partial charge is 0.307 e. The van der Waals surface area contributed by atoms with Gasteiger partial charge in [-0.3, -0.25) is 4.79 Å². The summed E-state index contributed by atoms with van der Waals surface area (Å²) in [5.41, 5.74) is 1.85. The molecule has 2 aromatic rings. The average Bonchev–Trinajstić information content (AvgIpc) is 2.49. The van der Waals surface area contributed by atoms with Crippen LogP contribution < -0.4 is 0 Å². The molecule has 0 bridgehead atoms. The highest BCUT2D eigenvalue weighted by atomic mass is 35.5. The lowest BCUT2D eigenvalue weighted by Gasteiger charge is -2.09. The number of carbonyl (C=O) groups is 1. The quantitative estimate of drug-likeness (QED) is 0.866. The van der Waals surface area contributed by atoms with Crippen molar-refractivity contribution in [3.63, 3.8) is 0 Å². The van der Waals surface area contributed by atoms with Crippen molar-refractivity contribution >= 4 is 17.6 Å². The van der Waals surface area contributed by atoms with Crippen LogP contribution in [0.1, 0.15) is 17.5 Å². The summed E-state index contributed by atoms with van der Waals surface area (Å²) in [6.07, 6.45) is 0.781. The second kappa shape index (κ2) is 7.52. The fourth-order valence-electron chi connectivity index (χ4n) is 1.95. The third-order valence-corrected chi connectivity index (χ3v) is 3.35. The molecule has 2 rings (SSSR count). The number of rotatable bonds is 4. The Balaban J connectivity index is 2.01. The summed E-state index contributed by atoms with van der Waals surface area (Å²) in [7, 11) is 0. The number of aliphatic carboxylic acids is 1. The summed E-state index contributed by atoms with van der Waals surface area (Å²) in [5, 5.41) is 9.94. The van der Waals surface area contributed by atoms with Crippen LogP contribution in [-0.4, -0.2) is 11.1 Å². The molecular formula is C18H15ClO2. The fraction of sp³-hybridized carbons (Fsp3) is 0.167. The van der Waals surface area contributed by atoms with Gasteiger partial charge in [-0.05, 0) is 36.2 Å². The van der Waals surface area contributed by atoms with E-state index in [-0.39, 0.29) is 0 Å². The molecule has 1 unspecified atom stereocenters. The van der Waals surface area contributed by atoms with Crippen LogP contribution in [0, 0.1) is 17.8 Å². The molecule has 0 aliphatic carbocycles. The first kappa shape index (κ1) is 15.2. The standard InChI is InChI=1S/C18H15ClO2/c19-17-11-9-15(10-12-17)13-16(18(20)21)8-4-7-14-5-2-1-3-6-14/h1-3,5-6,9-12,16H,8,13H2,(H,20,21). The summed E-state index contributed by atoms with van der Waals surface area (Å²) in [5.74, 6) is 4.61. The Bertz CT molecular complexity index is 651. The zero-order chi connectivity index (χ0) is 15.1.